The van der Waals surface area contributed by atoms with Crippen molar-refractivity contribution in [2.45, 2.75) is 0 Å². The molecule has 0 saturated heterocycles. The lowest BCUT2D eigenvalue weighted by Gasteiger charge is -1.92. The summed E-state index contributed by atoms with van der Waals surface area (Å²) in [5.74, 6) is -0.579. The summed E-state index contributed by atoms with van der Waals surface area (Å²) in [4.78, 5) is 1.16. The Labute approximate surface area is 123 Å². The summed E-state index contributed by atoms with van der Waals surface area (Å²) in [6, 6.07) is 19.7. The van der Waals surface area contributed by atoms with Crippen molar-refractivity contribution in [2.75, 3.05) is 0 Å². The molecule has 0 nitrogen and oxygen atoms in total. The fraction of sp³-hybridized carbons (Fsp3) is 0. The lowest BCUT2D eigenvalue weighted by Crippen LogP contribution is -1.73. The smallest absolute Gasteiger partial charge is 0.187 e. The van der Waals surface area contributed by atoms with Gasteiger partial charge in [0, 0.05) is 22.6 Å². The molecule has 0 radical (unpaired) electrons. The molecule has 0 atom stereocenters. The van der Waals surface area contributed by atoms with Crippen molar-refractivity contribution >= 4 is 30.6 Å². The fourth-order valence-corrected chi connectivity index (χ4v) is 5.07. The predicted octanol–water partition coefficient (Wildman–Crippen LogP) is 6.01. The Hall–Kier alpha value is -2.26. The molecule has 0 bridgehead atoms. The van der Waals surface area contributed by atoms with Gasteiger partial charge >= 0.3 is 0 Å². The lowest BCUT2D eigenvalue weighted by molar-refractivity contribution is 0.628. The van der Waals surface area contributed by atoms with Gasteiger partial charge in [0.25, 0.3) is 0 Å². The first kappa shape index (κ1) is 12.5. The molecule has 0 aliphatic carbocycles. The molecular formula is C18H11F2S+. The van der Waals surface area contributed by atoms with E-state index in [-0.39, 0.29) is 22.1 Å². The maximum Gasteiger partial charge on any atom is 0.187 e. The van der Waals surface area contributed by atoms with Gasteiger partial charge in [0.2, 0.25) is 0 Å². The van der Waals surface area contributed by atoms with Gasteiger partial charge in [-0.25, -0.2) is 8.78 Å². The fourth-order valence-electron chi connectivity index (χ4n) is 2.71. The van der Waals surface area contributed by atoms with Gasteiger partial charge in [-0.3, -0.25) is 0 Å². The second kappa shape index (κ2) is 4.64. The van der Waals surface area contributed by atoms with Gasteiger partial charge in [-0.2, -0.15) is 0 Å². The Balaban J connectivity index is 2.22. The Bertz CT molecular complexity index is 896. The van der Waals surface area contributed by atoms with Crippen molar-refractivity contribution in [3.8, 4) is 4.90 Å². The zero-order valence-electron chi connectivity index (χ0n) is 11.0. The maximum atomic E-state index is 13.6. The highest BCUT2D eigenvalue weighted by molar-refractivity contribution is 7.50. The third-order valence-corrected chi connectivity index (χ3v) is 5.93. The molecule has 0 amide bonds. The normalized spacial score (nSPS) is 11.3. The van der Waals surface area contributed by atoms with E-state index >= 15 is 0 Å². The topological polar surface area (TPSA) is 0 Å². The van der Waals surface area contributed by atoms with Gasteiger partial charge in [0.1, 0.15) is 11.6 Å². The molecule has 21 heavy (non-hydrogen) atoms. The molecule has 1 aromatic heterocycles. The number of hydrogen-bond acceptors (Lipinski definition) is 0. The van der Waals surface area contributed by atoms with E-state index in [1.807, 2.05) is 30.3 Å². The van der Waals surface area contributed by atoms with Crippen LogP contribution in [0.15, 0.2) is 66.7 Å². The Kier molecular flexibility index (Phi) is 2.76. The second-order valence-electron chi connectivity index (χ2n) is 4.90. The average Bonchev–Trinajstić information content (AvgIpc) is 2.81. The van der Waals surface area contributed by atoms with Gasteiger partial charge in [0.15, 0.2) is 14.3 Å². The first-order valence-electron chi connectivity index (χ1n) is 6.63. The van der Waals surface area contributed by atoms with Gasteiger partial charge in [-0.1, -0.05) is 18.2 Å². The Morgan fingerprint density at radius 2 is 1.14 bits per heavy atom. The first-order valence-corrected chi connectivity index (χ1v) is 7.85. The van der Waals surface area contributed by atoms with Crippen molar-refractivity contribution in [1.82, 2.24) is 0 Å². The molecule has 4 aromatic rings. The van der Waals surface area contributed by atoms with Gasteiger partial charge in [0.05, 0.1) is 10.8 Å². The van der Waals surface area contributed by atoms with Crippen LogP contribution in [0.3, 0.4) is 0 Å². The van der Waals surface area contributed by atoms with Crippen LogP contribution in [0, 0.1) is 11.6 Å². The quantitative estimate of drug-likeness (QED) is 0.377. The van der Waals surface area contributed by atoms with Crippen molar-refractivity contribution < 1.29 is 8.78 Å². The molecule has 0 aliphatic heterocycles. The standard InChI is InChI=1S/C18H11F2S/c19-12-6-8-17-15(10-12)16-11-13(20)7-9-18(16)21(17)14-4-2-1-3-5-14/h1-11H/q+1. The largest absolute Gasteiger partial charge is 0.207 e. The maximum absolute atomic E-state index is 13.6. The SMILES string of the molecule is Fc1ccc2c(c1)c1cc(F)ccc1[s+]2-c1ccccc1. The van der Waals surface area contributed by atoms with Crippen LogP contribution in [-0.4, -0.2) is 0 Å². The predicted molar refractivity (Wildman–Crippen MR) is 85.2 cm³/mol. The summed E-state index contributed by atoms with van der Waals surface area (Å²) in [6.07, 6.45) is 0. The van der Waals surface area contributed by atoms with Crippen molar-refractivity contribution in [1.29, 1.82) is 0 Å². The number of halogens is 2. The third-order valence-electron chi connectivity index (χ3n) is 3.59. The Morgan fingerprint density at radius 1 is 0.619 bits per heavy atom. The van der Waals surface area contributed by atoms with Crippen LogP contribution < -0.4 is 0 Å². The highest BCUT2D eigenvalue weighted by atomic mass is 32.2. The summed E-state index contributed by atoms with van der Waals surface area (Å²) in [6.45, 7) is 0. The molecule has 102 valence electrons. The summed E-state index contributed by atoms with van der Waals surface area (Å²) < 4.78 is 29.3. The number of fused-ring (bicyclic) bond motifs is 3. The number of hydrogen-bond donors (Lipinski definition) is 0. The minimum Gasteiger partial charge on any atom is -0.207 e. The first-order chi connectivity index (χ1) is 10.2. The molecule has 0 spiro atoms. The van der Waals surface area contributed by atoms with E-state index in [2.05, 4.69) is 12.1 Å². The summed E-state index contributed by atoms with van der Waals surface area (Å²) >= 11 is 0. The highest BCUT2D eigenvalue weighted by Crippen LogP contribution is 2.48. The van der Waals surface area contributed by atoms with E-state index in [1.165, 1.54) is 24.3 Å². The molecule has 0 aliphatic rings. The van der Waals surface area contributed by atoms with Gasteiger partial charge in [-0.15, -0.1) is 0 Å². The second-order valence-corrected chi connectivity index (χ2v) is 6.86. The van der Waals surface area contributed by atoms with Crippen LogP contribution in [-0.2, 0) is 0 Å². The molecule has 0 N–H and O–H groups in total. The van der Waals surface area contributed by atoms with E-state index in [9.17, 15) is 8.78 Å². The zero-order chi connectivity index (χ0) is 14.4. The minimum absolute atomic E-state index is 0.289. The molecule has 0 fully saturated rings. The van der Waals surface area contributed by atoms with Crippen molar-refractivity contribution in [3.63, 3.8) is 0 Å². The van der Waals surface area contributed by atoms with E-state index < -0.39 is 0 Å². The molecule has 0 unspecified atom stereocenters. The van der Waals surface area contributed by atoms with Crippen LogP contribution in [0.2, 0.25) is 0 Å². The zero-order valence-corrected chi connectivity index (χ0v) is 11.8. The molecule has 1 heterocycles. The molecule has 0 saturated carbocycles. The van der Waals surface area contributed by atoms with E-state index in [0.29, 0.717) is 0 Å². The van der Waals surface area contributed by atoms with Gasteiger partial charge < -0.3 is 0 Å². The van der Waals surface area contributed by atoms with E-state index in [1.54, 1.807) is 0 Å². The van der Waals surface area contributed by atoms with Crippen LogP contribution in [0.4, 0.5) is 8.78 Å². The summed E-state index contributed by atoms with van der Waals surface area (Å²) in [5.41, 5.74) is 0. The number of benzene rings is 3. The number of rotatable bonds is 1. The third kappa shape index (κ3) is 1.93. The van der Waals surface area contributed by atoms with E-state index in [4.69, 9.17) is 0 Å². The summed E-state index contributed by atoms with van der Waals surface area (Å²) in [5, 5.41) is 1.60. The van der Waals surface area contributed by atoms with Crippen LogP contribution in [0.5, 0.6) is 0 Å². The van der Waals surface area contributed by atoms with Crippen LogP contribution in [0.1, 0.15) is 0 Å². The van der Waals surface area contributed by atoms with Crippen molar-refractivity contribution in [2.24, 2.45) is 0 Å². The van der Waals surface area contributed by atoms with Gasteiger partial charge in [-0.05, 0) is 36.4 Å². The van der Waals surface area contributed by atoms with E-state index in [0.717, 1.165) is 25.1 Å². The highest BCUT2D eigenvalue weighted by Gasteiger charge is 2.24. The molecule has 3 heteroatoms. The monoisotopic (exact) mass is 297 g/mol. The van der Waals surface area contributed by atoms with Crippen LogP contribution >= 0.6 is 10.5 Å². The van der Waals surface area contributed by atoms with Crippen molar-refractivity contribution in [3.05, 3.63) is 78.4 Å². The molecular weight excluding hydrogens is 286 g/mol. The number of thiophene rings is 1. The lowest BCUT2D eigenvalue weighted by atomic mass is 10.1. The average molecular weight is 297 g/mol. The molecule has 4 rings (SSSR count). The minimum atomic E-state index is -0.290. The molecule has 3 aromatic carbocycles. The van der Waals surface area contributed by atoms with Crippen LogP contribution in [0.25, 0.3) is 25.1 Å². The summed E-state index contributed by atoms with van der Waals surface area (Å²) in [7, 11) is -0.290. The Morgan fingerprint density at radius 3 is 1.67 bits per heavy atom.